The lowest BCUT2D eigenvalue weighted by atomic mass is 9.93. The van der Waals surface area contributed by atoms with Gasteiger partial charge in [-0.3, -0.25) is 0 Å². The molecule has 0 spiro atoms. The predicted molar refractivity (Wildman–Crippen MR) is 159 cm³/mol. The fourth-order valence-electron chi connectivity index (χ4n) is 3.16. The summed E-state index contributed by atoms with van der Waals surface area (Å²) >= 11 is 0. The van der Waals surface area contributed by atoms with Crippen LogP contribution in [0.4, 0.5) is 0 Å². The molecule has 0 unspecified atom stereocenters. The summed E-state index contributed by atoms with van der Waals surface area (Å²) < 4.78 is 0. The Labute approximate surface area is 201 Å². The highest BCUT2D eigenvalue weighted by Crippen LogP contribution is 2.25. The monoisotopic (exact) mass is 438 g/mol. The Kier molecular flexibility index (Phi) is 28.8. The molecule has 0 atom stereocenters. The zero-order valence-electron chi connectivity index (χ0n) is 24.0. The SMILES string of the molecule is C=Cc1cccc2c1/c(=C\C)c(=C)c1c(C)cccc12.CC.CC.CC.CC.CC.CC. The van der Waals surface area contributed by atoms with Crippen LogP contribution >= 0.6 is 0 Å². The molecule has 0 fully saturated rings. The number of aryl methyl sites for hydroxylation is 1. The second-order valence-corrected chi connectivity index (χ2v) is 5.15. The molecule has 0 heterocycles. The molecular formula is C32H54. The molecule has 32 heavy (non-hydrogen) atoms. The average Bonchev–Trinajstić information content (AvgIpc) is 2.91. The van der Waals surface area contributed by atoms with E-state index in [1.54, 1.807) is 0 Å². The van der Waals surface area contributed by atoms with Crippen LogP contribution in [0.1, 0.15) is 101 Å². The molecule has 3 rings (SSSR count). The van der Waals surface area contributed by atoms with Crippen LogP contribution in [-0.2, 0) is 0 Å². The van der Waals surface area contributed by atoms with Crippen LogP contribution < -0.4 is 10.4 Å². The maximum Gasteiger partial charge on any atom is -0.00301 e. The minimum Gasteiger partial charge on any atom is -0.0984 e. The molecule has 0 nitrogen and oxygen atoms in total. The van der Waals surface area contributed by atoms with Gasteiger partial charge in [0.15, 0.2) is 0 Å². The molecule has 0 bridgehead atoms. The van der Waals surface area contributed by atoms with Crippen molar-refractivity contribution in [3.63, 3.8) is 0 Å². The van der Waals surface area contributed by atoms with Gasteiger partial charge in [0.25, 0.3) is 0 Å². The molecule has 0 saturated heterocycles. The zero-order valence-corrected chi connectivity index (χ0v) is 24.0. The van der Waals surface area contributed by atoms with E-state index in [0.29, 0.717) is 0 Å². The lowest BCUT2D eigenvalue weighted by Gasteiger charge is -2.11. The third-order valence-corrected chi connectivity index (χ3v) is 4.06. The van der Waals surface area contributed by atoms with Gasteiger partial charge in [0.05, 0.1) is 0 Å². The van der Waals surface area contributed by atoms with E-state index >= 15 is 0 Å². The minimum atomic E-state index is 1.11. The standard InChI is InChI=1S/C20H18.6C2H6/c1-5-15-10-8-12-18-17-11-7-9-13(3)19(17)14(4)16(6-2)20(15)18;6*1-2/h5-12H,1,4H2,2-3H3;6*1-2H3/b16-6-;;;;;;. The van der Waals surface area contributed by atoms with Crippen LogP contribution in [0.3, 0.4) is 0 Å². The maximum absolute atomic E-state index is 4.34. The first-order chi connectivity index (χ1) is 15.7. The molecule has 0 N–H and O–H groups in total. The van der Waals surface area contributed by atoms with E-state index in [1.807, 2.05) is 89.2 Å². The van der Waals surface area contributed by atoms with Crippen LogP contribution in [0.15, 0.2) is 43.0 Å². The maximum atomic E-state index is 4.34. The third kappa shape index (κ3) is 9.43. The van der Waals surface area contributed by atoms with E-state index < -0.39 is 0 Å². The van der Waals surface area contributed by atoms with Crippen LogP contribution in [0.2, 0.25) is 0 Å². The third-order valence-electron chi connectivity index (χ3n) is 4.06. The number of hydrogen-bond acceptors (Lipinski definition) is 0. The van der Waals surface area contributed by atoms with Crippen molar-refractivity contribution in [3.05, 3.63) is 64.5 Å². The van der Waals surface area contributed by atoms with Crippen LogP contribution in [-0.4, -0.2) is 0 Å². The van der Waals surface area contributed by atoms with Crippen molar-refractivity contribution in [2.24, 2.45) is 0 Å². The van der Waals surface area contributed by atoms with Gasteiger partial charge in [-0.15, -0.1) is 0 Å². The molecule has 0 aliphatic carbocycles. The summed E-state index contributed by atoms with van der Waals surface area (Å²) in [6, 6.07) is 12.9. The van der Waals surface area contributed by atoms with Gasteiger partial charge in [-0.05, 0) is 57.0 Å². The summed E-state index contributed by atoms with van der Waals surface area (Å²) in [5.74, 6) is 0. The summed E-state index contributed by atoms with van der Waals surface area (Å²) in [5, 5.41) is 7.42. The predicted octanol–water partition coefficient (Wildman–Crippen LogP) is 10.3. The van der Waals surface area contributed by atoms with E-state index in [-0.39, 0.29) is 0 Å². The fourth-order valence-corrected chi connectivity index (χ4v) is 3.16. The Morgan fingerprint density at radius 3 is 1.44 bits per heavy atom. The fraction of sp³-hybridized carbons (Fsp3) is 0.438. The van der Waals surface area contributed by atoms with Crippen molar-refractivity contribution >= 4 is 40.3 Å². The molecule has 0 radical (unpaired) electrons. The van der Waals surface area contributed by atoms with Crippen molar-refractivity contribution in [2.75, 3.05) is 0 Å². The van der Waals surface area contributed by atoms with Gasteiger partial charge in [-0.2, -0.15) is 0 Å². The van der Waals surface area contributed by atoms with Crippen molar-refractivity contribution in [1.29, 1.82) is 0 Å². The Hall–Kier alpha value is -2.34. The topological polar surface area (TPSA) is 0 Å². The van der Waals surface area contributed by atoms with Crippen LogP contribution in [0.5, 0.6) is 0 Å². The van der Waals surface area contributed by atoms with E-state index in [4.69, 9.17) is 0 Å². The average molecular weight is 439 g/mol. The van der Waals surface area contributed by atoms with Crippen molar-refractivity contribution in [3.8, 4) is 0 Å². The van der Waals surface area contributed by atoms with Crippen LogP contribution in [0, 0.1) is 6.92 Å². The van der Waals surface area contributed by atoms with Crippen molar-refractivity contribution in [1.82, 2.24) is 0 Å². The van der Waals surface area contributed by atoms with Gasteiger partial charge in [0.2, 0.25) is 0 Å². The second kappa shape index (κ2) is 24.9. The largest absolute Gasteiger partial charge is 0.0984 e. The number of hydrogen-bond donors (Lipinski definition) is 0. The first kappa shape index (κ1) is 37.0. The van der Waals surface area contributed by atoms with E-state index in [9.17, 15) is 0 Å². The zero-order chi connectivity index (χ0) is 26.3. The van der Waals surface area contributed by atoms with Gasteiger partial charge in [0, 0.05) is 0 Å². The minimum absolute atomic E-state index is 1.11. The number of fused-ring (bicyclic) bond motifs is 3. The second-order valence-electron chi connectivity index (χ2n) is 5.15. The summed E-state index contributed by atoms with van der Waals surface area (Å²) in [6.07, 6.45) is 4.08. The Morgan fingerprint density at radius 1 is 0.625 bits per heavy atom. The lowest BCUT2D eigenvalue weighted by molar-refractivity contribution is 1.50. The molecule has 182 valence electrons. The molecule has 0 aromatic heterocycles. The number of benzene rings is 3. The number of rotatable bonds is 1. The molecule has 0 aliphatic rings. The lowest BCUT2D eigenvalue weighted by Crippen LogP contribution is -2.26. The summed E-state index contributed by atoms with van der Waals surface area (Å²) in [7, 11) is 0. The normalized spacial score (nSPS) is 8.75. The van der Waals surface area contributed by atoms with E-state index in [1.165, 1.54) is 37.9 Å². The molecule has 3 aromatic carbocycles. The van der Waals surface area contributed by atoms with Gasteiger partial charge < -0.3 is 0 Å². The summed E-state index contributed by atoms with van der Waals surface area (Å²) in [5.41, 5.74) is 2.45. The molecule has 0 heteroatoms. The van der Waals surface area contributed by atoms with Crippen molar-refractivity contribution in [2.45, 2.75) is 96.9 Å². The molecule has 0 amide bonds. The Morgan fingerprint density at radius 2 is 1.03 bits per heavy atom. The van der Waals surface area contributed by atoms with E-state index in [2.05, 4.69) is 69.5 Å². The molecule has 0 aliphatic heterocycles. The molecule has 0 saturated carbocycles. The van der Waals surface area contributed by atoms with Gasteiger partial charge in [0.1, 0.15) is 0 Å². The van der Waals surface area contributed by atoms with E-state index in [0.717, 1.165) is 5.22 Å². The molecule has 3 aromatic rings. The first-order valence-corrected chi connectivity index (χ1v) is 12.9. The highest BCUT2D eigenvalue weighted by Gasteiger charge is 2.08. The summed E-state index contributed by atoms with van der Waals surface area (Å²) in [6.45, 7) is 36.5. The smallest absolute Gasteiger partial charge is 0.00301 e. The van der Waals surface area contributed by atoms with Crippen LogP contribution in [0.25, 0.3) is 40.3 Å². The Bertz CT molecular complexity index is 943. The Balaban J connectivity index is -0.000000285. The summed E-state index contributed by atoms with van der Waals surface area (Å²) in [4.78, 5) is 0. The van der Waals surface area contributed by atoms with Gasteiger partial charge in [-0.25, -0.2) is 0 Å². The first-order valence-electron chi connectivity index (χ1n) is 12.9. The highest BCUT2D eigenvalue weighted by atomic mass is 14.1. The highest BCUT2D eigenvalue weighted by molar-refractivity contribution is 6.11. The van der Waals surface area contributed by atoms with Gasteiger partial charge in [-0.1, -0.05) is 145 Å². The quantitative estimate of drug-likeness (QED) is 0.331. The molecular weight excluding hydrogens is 384 g/mol. The van der Waals surface area contributed by atoms with Crippen molar-refractivity contribution < 1.29 is 0 Å². The van der Waals surface area contributed by atoms with Gasteiger partial charge >= 0.3 is 0 Å².